The molecule has 0 unspecified atom stereocenters. The minimum Gasteiger partial charge on any atom is -0.468 e. The molecular weight excluding hydrogens is 758 g/mol. The summed E-state index contributed by atoms with van der Waals surface area (Å²) < 4.78 is 34.2. The summed E-state index contributed by atoms with van der Waals surface area (Å²) >= 11 is 7.74. The van der Waals surface area contributed by atoms with Crippen molar-refractivity contribution in [2.24, 2.45) is 0 Å². The normalized spacial score (nSPS) is 15.9. The molecule has 55 heavy (non-hydrogen) atoms. The van der Waals surface area contributed by atoms with Crippen molar-refractivity contribution >= 4 is 56.4 Å². The molecule has 2 heterocycles. The SMILES string of the molecule is Cc1occc1SCC1(Nc2ccc(S(=O)(=O)NC(=O)c3ccc(N4CCN(Cc5ccccc5-c5ccc(Cl)cc5)CC4)cc3)cc2[N+](=O)[O-])CCCC1. The number of carbonyl (C=O) groups is 1. The Hall–Kier alpha value is -4.82. The number of furan rings is 1. The van der Waals surface area contributed by atoms with E-state index in [-0.39, 0.29) is 21.8 Å². The van der Waals surface area contributed by atoms with Crippen LogP contribution < -0.4 is 14.9 Å². The van der Waals surface area contributed by atoms with Crippen molar-refractivity contribution in [1.82, 2.24) is 9.62 Å². The highest BCUT2D eigenvalue weighted by atomic mass is 35.5. The van der Waals surface area contributed by atoms with Crippen LogP contribution in [0.5, 0.6) is 0 Å². The number of nitrogens with zero attached hydrogens (tertiary/aromatic N) is 3. The topological polar surface area (TPSA) is 138 Å². The lowest BCUT2D eigenvalue weighted by Gasteiger charge is -2.36. The molecule has 7 rings (SSSR count). The van der Waals surface area contributed by atoms with Crippen LogP contribution in [0.4, 0.5) is 17.1 Å². The Kier molecular flexibility index (Phi) is 11.5. The summed E-state index contributed by atoms with van der Waals surface area (Å²) in [6.07, 6.45) is 5.23. The van der Waals surface area contributed by atoms with Crippen LogP contribution in [0.2, 0.25) is 5.02 Å². The van der Waals surface area contributed by atoms with E-state index in [1.165, 1.54) is 23.3 Å². The van der Waals surface area contributed by atoms with E-state index >= 15 is 0 Å². The highest BCUT2D eigenvalue weighted by molar-refractivity contribution is 7.99. The Morgan fingerprint density at radius 2 is 1.65 bits per heavy atom. The minimum absolute atomic E-state index is 0.158. The monoisotopic (exact) mass is 799 g/mol. The quantitative estimate of drug-likeness (QED) is 0.0676. The van der Waals surface area contributed by atoms with Gasteiger partial charge in [-0.3, -0.25) is 19.8 Å². The van der Waals surface area contributed by atoms with Gasteiger partial charge in [-0.1, -0.05) is 60.8 Å². The molecule has 286 valence electrons. The lowest BCUT2D eigenvalue weighted by Crippen LogP contribution is -2.46. The molecule has 0 radical (unpaired) electrons. The number of anilines is 2. The molecule has 2 fully saturated rings. The molecule has 4 aromatic carbocycles. The van der Waals surface area contributed by atoms with Gasteiger partial charge in [0.25, 0.3) is 21.6 Å². The van der Waals surface area contributed by atoms with E-state index in [4.69, 9.17) is 16.0 Å². The van der Waals surface area contributed by atoms with Crippen LogP contribution in [0, 0.1) is 17.0 Å². The standard InChI is InChI=1S/C41H42ClN5O6S2/c1-29-39(18-25-53-29)54-28-41(19-4-5-20-41)43-37-17-16-35(26-38(37)47(49)50)55(51,52)44-40(48)31-10-14-34(15-11-31)46-23-21-45(22-24-46)27-32-6-2-3-7-36(32)30-8-12-33(42)13-9-30/h2-3,6-18,25-26,43H,4-5,19-24,27-28H2,1H3,(H,44,48). The first-order valence-corrected chi connectivity index (χ1v) is 21.1. The van der Waals surface area contributed by atoms with Gasteiger partial charge in [0, 0.05) is 71.3 Å². The second-order valence-electron chi connectivity index (χ2n) is 14.1. The molecule has 0 bridgehead atoms. The first-order valence-electron chi connectivity index (χ1n) is 18.2. The number of benzene rings is 4. The van der Waals surface area contributed by atoms with Gasteiger partial charge in [-0.05, 0) is 91.1 Å². The summed E-state index contributed by atoms with van der Waals surface area (Å²) in [6.45, 7) is 5.98. The zero-order valence-corrected chi connectivity index (χ0v) is 32.8. The van der Waals surface area contributed by atoms with E-state index in [9.17, 15) is 23.3 Å². The molecule has 1 aliphatic heterocycles. The molecule has 0 spiro atoms. The van der Waals surface area contributed by atoms with Crippen molar-refractivity contribution in [1.29, 1.82) is 0 Å². The number of nitro benzene ring substituents is 1. The molecule has 1 aromatic heterocycles. The van der Waals surface area contributed by atoms with Gasteiger partial charge in [0.15, 0.2) is 0 Å². The number of aryl methyl sites for hydroxylation is 1. The molecular formula is C41H42ClN5O6S2. The molecule has 5 aromatic rings. The number of sulfonamides is 1. The van der Waals surface area contributed by atoms with Gasteiger partial charge < -0.3 is 14.6 Å². The predicted molar refractivity (Wildman–Crippen MR) is 218 cm³/mol. The van der Waals surface area contributed by atoms with Crippen LogP contribution in [-0.4, -0.2) is 61.6 Å². The van der Waals surface area contributed by atoms with Crippen LogP contribution in [0.1, 0.15) is 47.4 Å². The number of hydrogen-bond acceptors (Lipinski definition) is 10. The van der Waals surface area contributed by atoms with Crippen molar-refractivity contribution in [3.05, 3.63) is 135 Å². The summed E-state index contributed by atoms with van der Waals surface area (Å²) in [6, 6.07) is 28.7. The van der Waals surface area contributed by atoms with Gasteiger partial charge in [-0.2, -0.15) is 0 Å². The number of hydrogen-bond donors (Lipinski definition) is 2. The van der Waals surface area contributed by atoms with Gasteiger partial charge in [0.1, 0.15) is 11.4 Å². The fourth-order valence-electron chi connectivity index (χ4n) is 7.36. The van der Waals surface area contributed by atoms with Crippen LogP contribution in [-0.2, 0) is 16.6 Å². The summed E-state index contributed by atoms with van der Waals surface area (Å²) in [5, 5.41) is 16.3. The summed E-state index contributed by atoms with van der Waals surface area (Å²) in [7, 11) is -4.42. The average molecular weight is 800 g/mol. The lowest BCUT2D eigenvalue weighted by molar-refractivity contribution is -0.384. The molecule has 1 saturated heterocycles. The van der Waals surface area contributed by atoms with Crippen LogP contribution in [0.15, 0.2) is 118 Å². The minimum atomic E-state index is -4.42. The Morgan fingerprint density at radius 3 is 2.33 bits per heavy atom. The first-order chi connectivity index (χ1) is 26.5. The number of rotatable bonds is 13. The third-order valence-corrected chi connectivity index (χ3v) is 13.4. The van der Waals surface area contributed by atoms with Crippen molar-refractivity contribution in [2.75, 3.05) is 42.1 Å². The molecule has 1 amide bonds. The smallest absolute Gasteiger partial charge is 0.293 e. The number of thioether (sulfide) groups is 1. The summed E-state index contributed by atoms with van der Waals surface area (Å²) in [4.78, 5) is 30.1. The number of halogens is 1. The van der Waals surface area contributed by atoms with Gasteiger partial charge >= 0.3 is 0 Å². The lowest BCUT2D eigenvalue weighted by atomic mass is 9.99. The molecule has 1 aliphatic carbocycles. The van der Waals surface area contributed by atoms with Crippen molar-refractivity contribution < 1.29 is 22.6 Å². The Morgan fingerprint density at radius 1 is 0.945 bits per heavy atom. The maximum Gasteiger partial charge on any atom is 0.293 e. The maximum atomic E-state index is 13.4. The Balaban J connectivity index is 0.965. The second kappa shape index (κ2) is 16.5. The first kappa shape index (κ1) is 38.5. The fraction of sp³-hybridized carbons (Fsp3) is 0.293. The third kappa shape index (κ3) is 9.02. The second-order valence-corrected chi connectivity index (χ2v) is 17.2. The van der Waals surface area contributed by atoms with Crippen LogP contribution >= 0.6 is 23.4 Å². The van der Waals surface area contributed by atoms with E-state index in [2.05, 4.69) is 38.0 Å². The fourth-order valence-corrected chi connectivity index (χ4v) is 9.67. The number of carbonyl (C=O) groups excluding carboxylic acids is 1. The molecule has 1 saturated carbocycles. The van der Waals surface area contributed by atoms with Crippen molar-refractivity contribution in [3.63, 3.8) is 0 Å². The third-order valence-electron chi connectivity index (χ3n) is 10.4. The van der Waals surface area contributed by atoms with Crippen LogP contribution in [0.3, 0.4) is 0 Å². The van der Waals surface area contributed by atoms with E-state index in [1.54, 1.807) is 30.2 Å². The zero-order valence-electron chi connectivity index (χ0n) is 30.4. The average Bonchev–Trinajstić information content (AvgIpc) is 3.83. The highest BCUT2D eigenvalue weighted by Crippen LogP contribution is 2.41. The predicted octanol–water partition coefficient (Wildman–Crippen LogP) is 8.77. The van der Waals surface area contributed by atoms with E-state index in [0.29, 0.717) is 10.8 Å². The number of nitrogens with one attached hydrogen (secondary N) is 2. The zero-order chi connectivity index (χ0) is 38.6. The van der Waals surface area contributed by atoms with E-state index < -0.39 is 26.4 Å². The molecule has 14 heteroatoms. The Labute approximate surface area is 330 Å². The van der Waals surface area contributed by atoms with E-state index in [0.717, 1.165) is 86.4 Å². The summed E-state index contributed by atoms with van der Waals surface area (Å²) in [5.74, 6) is 0.656. The van der Waals surface area contributed by atoms with Crippen LogP contribution in [0.25, 0.3) is 11.1 Å². The Bertz CT molecular complexity index is 2270. The molecule has 0 atom stereocenters. The van der Waals surface area contributed by atoms with Gasteiger partial charge in [-0.15, -0.1) is 11.8 Å². The number of piperazine rings is 1. The van der Waals surface area contributed by atoms with Gasteiger partial charge in [0.05, 0.1) is 16.1 Å². The largest absolute Gasteiger partial charge is 0.468 e. The number of amides is 1. The molecule has 11 nitrogen and oxygen atoms in total. The van der Waals surface area contributed by atoms with Gasteiger partial charge in [0.2, 0.25) is 0 Å². The van der Waals surface area contributed by atoms with Crippen molar-refractivity contribution in [2.45, 2.75) is 54.5 Å². The van der Waals surface area contributed by atoms with E-state index in [1.807, 2.05) is 55.5 Å². The molecule has 2 N–H and O–H groups in total. The molecule has 2 aliphatic rings. The highest BCUT2D eigenvalue weighted by Gasteiger charge is 2.36. The number of nitro groups is 1. The maximum absolute atomic E-state index is 13.4. The van der Waals surface area contributed by atoms with Gasteiger partial charge in [-0.25, -0.2) is 13.1 Å². The summed E-state index contributed by atoms with van der Waals surface area (Å²) in [5.41, 5.74) is 4.10. The van der Waals surface area contributed by atoms with Crippen molar-refractivity contribution in [3.8, 4) is 11.1 Å².